The molecule has 160 valence electrons. The number of hydrogen-bond donors (Lipinski definition) is 1. The summed E-state index contributed by atoms with van der Waals surface area (Å²) in [5.41, 5.74) is 2.31. The van der Waals surface area contributed by atoms with Gasteiger partial charge in [-0.15, -0.1) is 0 Å². The molecule has 0 spiro atoms. The fraction of sp³-hybridized carbons (Fsp3) is 0.182. The Kier molecular flexibility index (Phi) is 6.45. The first kappa shape index (κ1) is 22.1. The second kappa shape index (κ2) is 9.05. The third-order valence-corrected chi connectivity index (χ3v) is 5.78. The first-order chi connectivity index (χ1) is 14.6. The topological polar surface area (TPSA) is 119 Å². The van der Waals surface area contributed by atoms with Crippen LogP contribution in [0.4, 0.5) is 17.2 Å². The van der Waals surface area contributed by atoms with Gasteiger partial charge < -0.3 is 5.32 Å². The van der Waals surface area contributed by atoms with Crippen molar-refractivity contribution in [1.29, 1.82) is 0 Å². The zero-order valence-corrected chi connectivity index (χ0v) is 17.8. The number of rotatable bonds is 8. The lowest BCUT2D eigenvalue weighted by atomic mass is 10.0. The summed E-state index contributed by atoms with van der Waals surface area (Å²) in [5, 5.41) is 14.0. The largest absolute Gasteiger partial charge is 0.339 e. The minimum atomic E-state index is -3.27. The number of nitrogens with one attached hydrogen (secondary N) is 1. The van der Waals surface area contributed by atoms with Gasteiger partial charge in [0.2, 0.25) is 0 Å². The van der Waals surface area contributed by atoms with E-state index in [0.29, 0.717) is 29.2 Å². The number of carbonyl (C=O) groups is 1. The molecule has 31 heavy (non-hydrogen) atoms. The summed E-state index contributed by atoms with van der Waals surface area (Å²) in [7, 11) is -3.27. The van der Waals surface area contributed by atoms with Crippen molar-refractivity contribution >= 4 is 32.8 Å². The average Bonchev–Trinajstić information content (AvgIpc) is 2.72. The molecule has 0 saturated heterocycles. The number of Topliss-reactive ketones (excluding diaryl/α,β-unsaturated/α-hetero) is 1. The highest BCUT2D eigenvalue weighted by molar-refractivity contribution is 7.90. The van der Waals surface area contributed by atoms with Crippen LogP contribution in [-0.4, -0.2) is 30.4 Å². The van der Waals surface area contributed by atoms with Gasteiger partial charge in [0, 0.05) is 36.2 Å². The molecular formula is C22H21N3O5S. The van der Waals surface area contributed by atoms with Gasteiger partial charge >= 0.3 is 0 Å². The van der Waals surface area contributed by atoms with E-state index in [1.807, 2.05) is 0 Å². The molecule has 0 amide bonds. The van der Waals surface area contributed by atoms with Gasteiger partial charge in [0.1, 0.15) is 5.82 Å². The minimum Gasteiger partial charge on any atom is -0.339 e. The van der Waals surface area contributed by atoms with Gasteiger partial charge in [0.15, 0.2) is 15.6 Å². The van der Waals surface area contributed by atoms with Crippen molar-refractivity contribution in [2.24, 2.45) is 0 Å². The lowest BCUT2D eigenvalue weighted by molar-refractivity contribution is -0.384. The summed E-state index contributed by atoms with van der Waals surface area (Å²) in [6.45, 7) is 1.79. The summed E-state index contributed by atoms with van der Waals surface area (Å²) >= 11 is 0. The van der Waals surface area contributed by atoms with Crippen LogP contribution in [0.3, 0.4) is 0 Å². The van der Waals surface area contributed by atoms with E-state index in [0.717, 1.165) is 11.8 Å². The standard InChI is InChI=1S/C22H21N3O5S/c1-15-6-12-20(22(23-15)24-17-4-3-5-18(14-17)25(27)28)21(26)13-9-16-7-10-19(11-8-16)31(2,29)30/h3-8,10-12,14H,9,13H2,1-2H3,(H,23,24). The van der Waals surface area contributed by atoms with Crippen molar-refractivity contribution in [3.8, 4) is 0 Å². The molecule has 3 rings (SSSR count). The van der Waals surface area contributed by atoms with E-state index in [1.165, 1.54) is 24.3 Å². The molecule has 9 heteroatoms. The summed E-state index contributed by atoms with van der Waals surface area (Å²) in [6.07, 6.45) is 1.78. The molecule has 0 aliphatic heterocycles. The Morgan fingerprint density at radius 2 is 1.81 bits per heavy atom. The predicted molar refractivity (Wildman–Crippen MR) is 118 cm³/mol. The number of sulfone groups is 1. The summed E-state index contributed by atoms with van der Waals surface area (Å²) in [6, 6.07) is 15.8. The Balaban J connectivity index is 1.77. The highest BCUT2D eigenvalue weighted by Crippen LogP contribution is 2.24. The number of nitro groups is 1. The van der Waals surface area contributed by atoms with Gasteiger partial charge in [0.25, 0.3) is 5.69 Å². The lowest BCUT2D eigenvalue weighted by Crippen LogP contribution is -2.08. The predicted octanol–water partition coefficient (Wildman–Crippen LogP) is 4.26. The smallest absolute Gasteiger partial charge is 0.271 e. The van der Waals surface area contributed by atoms with Gasteiger partial charge in [-0.25, -0.2) is 13.4 Å². The molecule has 0 bridgehead atoms. The van der Waals surface area contributed by atoms with Crippen LogP contribution in [0.25, 0.3) is 0 Å². The molecule has 0 aliphatic carbocycles. The number of hydrogen-bond acceptors (Lipinski definition) is 7. The van der Waals surface area contributed by atoms with Crippen molar-refractivity contribution in [1.82, 2.24) is 4.98 Å². The molecule has 8 nitrogen and oxygen atoms in total. The van der Waals surface area contributed by atoms with Gasteiger partial charge in [-0.2, -0.15) is 0 Å². The molecule has 0 unspecified atom stereocenters. The lowest BCUT2D eigenvalue weighted by Gasteiger charge is -2.11. The second-order valence-corrected chi connectivity index (χ2v) is 9.14. The number of nitrogens with zero attached hydrogens (tertiary/aromatic N) is 2. The van der Waals surface area contributed by atoms with E-state index >= 15 is 0 Å². The number of nitro benzene ring substituents is 1. The number of non-ortho nitro benzene ring substituents is 1. The number of carbonyl (C=O) groups excluding carboxylic acids is 1. The van der Waals surface area contributed by atoms with Crippen molar-refractivity contribution in [3.63, 3.8) is 0 Å². The van der Waals surface area contributed by atoms with Gasteiger partial charge in [-0.1, -0.05) is 18.2 Å². The molecule has 0 saturated carbocycles. The first-order valence-corrected chi connectivity index (χ1v) is 11.3. The fourth-order valence-electron chi connectivity index (χ4n) is 3.01. The number of anilines is 2. The molecule has 0 atom stereocenters. The third-order valence-electron chi connectivity index (χ3n) is 4.65. The van der Waals surface area contributed by atoms with Crippen molar-refractivity contribution in [2.75, 3.05) is 11.6 Å². The number of pyridine rings is 1. The van der Waals surface area contributed by atoms with Crippen molar-refractivity contribution < 1.29 is 18.1 Å². The molecule has 0 radical (unpaired) electrons. The minimum absolute atomic E-state index is 0.0666. The highest BCUT2D eigenvalue weighted by atomic mass is 32.2. The fourth-order valence-corrected chi connectivity index (χ4v) is 3.64. The van der Waals surface area contributed by atoms with Gasteiger partial charge in [-0.05, 0) is 49.2 Å². The number of benzene rings is 2. The molecule has 1 aromatic heterocycles. The van der Waals surface area contributed by atoms with Crippen LogP contribution >= 0.6 is 0 Å². The number of aromatic nitrogens is 1. The van der Waals surface area contributed by atoms with Crippen LogP contribution in [0.5, 0.6) is 0 Å². The van der Waals surface area contributed by atoms with E-state index in [9.17, 15) is 23.3 Å². The summed E-state index contributed by atoms with van der Waals surface area (Å²) in [4.78, 5) is 28.0. The molecule has 0 fully saturated rings. The molecule has 3 aromatic rings. The van der Waals surface area contributed by atoms with E-state index in [4.69, 9.17) is 0 Å². The van der Waals surface area contributed by atoms with Crippen LogP contribution in [0, 0.1) is 17.0 Å². The Hall–Kier alpha value is -3.59. The Bertz CT molecular complexity index is 1240. The monoisotopic (exact) mass is 439 g/mol. The third kappa shape index (κ3) is 5.73. The molecule has 1 N–H and O–H groups in total. The van der Waals surface area contributed by atoms with Gasteiger partial charge in [0.05, 0.1) is 15.4 Å². The van der Waals surface area contributed by atoms with Crippen LogP contribution in [-0.2, 0) is 16.3 Å². The van der Waals surface area contributed by atoms with Crippen LogP contribution in [0.2, 0.25) is 0 Å². The van der Waals surface area contributed by atoms with Crippen molar-refractivity contribution in [2.45, 2.75) is 24.7 Å². The summed E-state index contributed by atoms with van der Waals surface area (Å²) in [5.74, 6) is 0.186. The summed E-state index contributed by atoms with van der Waals surface area (Å²) < 4.78 is 23.1. The normalized spacial score (nSPS) is 11.2. The van der Waals surface area contributed by atoms with Crippen LogP contribution < -0.4 is 5.32 Å². The maximum atomic E-state index is 12.9. The first-order valence-electron chi connectivity index (χ1n) is 9.45. The Morgan fingerprint density at radius 3 is 2.45 bits per heavy atom. The Labute approximate surface area is 180 Å². The molecule has 1 heterocycles. The highest BCUT2D eigenvalue weighted by Gasteiger charge is 2.15. The van der Waals surface area contributed by atoms with Gasteiger partial charge in [-0.3, -0.25) is 14.9 Å². The van der Waals surface area contributed by atoms with E-state index in [1.54, 1.807) is 43.3 Å². The zero-order chi connectivity index (χ0) is 22.6. The SMILES string of the molecule is Cc1ccc(C(=O)CCc2ccc(S(C)(=O)=O)cc2)c(Nc2cccc([N+](=O)[O-])c2)n1. The number of aryl methyl sites for hydroxylation is 2. The number of ketones is 1. The second-order valence-electron chi connectivity index (χ2n) is 7.12. The van der Waals surface area contributed by atoms with Crippen molar-refractivity contribution in [3.05, 3.63) is 87.6 Å². The van der Waals surface area contributed by atoms with E-state index in [2.05, 4.69) is 10.3 Å². The molecule has 0 aliphatic rings. The average molecular weight is 439 g/mol. The van der Waals surface area contributed by atoms with Crippen LogP contribution in [0.15, 0.2) is 65.6 Å². The maximum Gasteiger partial charge on any atom is 0.271 e. The molecular weight excluding hydrogens is 418 g/mol. The van der Waals surface area contributed by atoms with Crippen LogP contribution in [0.1, 0.15) is 28.0 Å². The quantitative estimate of drug-likeness (QED) is 0.316. The Morgan fingerprint density at radius 1 is 1.10 bits per heavy atom. The zero-order valence-electron chi connectivity index (χ0n) is 17.0. The molecule has 2 aromatic carbocycles. The van der Waals surface area contributed by atoms with E-state index < -0.39 is 14.8 Å². The van der Waals surface area contributed by atoms with E-state index in [-0.39, 0.29) is 22.8 Å². The maximum absolute atomic E-state index is 12.9.